The highest BCUT2D eigenvalue weighted by atomic mass is 35.5. The fourth-order valence-corrected chi connectivity index (χ4v) is 1.97. The number of ether oxygens (including phenoxy) is 1. The Labute approximate surface area is 125 Å². The molecule has 0 aliphatic rings. The molecule has 0 bridgehead atoms. The van der Waals surface area contributed by atoms with Crippen molar-refractivity contribution in [1.29, 1.82) is 0 Å². The Bertz CT molecular complexity index is 731. The number of methoxy groups -OCH3 is 1. The number of carbonyl (C=O) groups is 2. The van der Waals surface area contributed by atoms with E-state index in [4.69, 9.17) is 22.4 Å². The molecule has 2 rings (SSSR count). The first-order valence-electron chi connectivity index (χ1n) is 5.81. The van der Waals surface area contributed by atoms with Gasteiger partial charge in [-0.2, -0.15) is 0 Å². The lowest BCUT2D eigenvalue weighted by Gasteiger charge is -2.08. The predicted octanol–water partition coefficient (Wildman–Crippen LogP) is 2.47. The summed E-state index contributed by atoms with van der Waals surface area (Å²) in [6.07, 6.45) is 1.42. The average Bonchev–Trinajstić information content (AvgIpc) is 2.47. The number of nitrogens with zero attached hydrogens (tertiary/aromatic N) is 1. The van der Waals surface area contributed by atoms with Gasteiger partial charge < -0.3 is 15.6 Å². The minimum absolute atomic E-state index is 0.0756. The summed E-state index contributed by atoms with van der Waals surface area (Å²) in [5.41, 5.74) is 6.66. The van der Waals surface area contributed by atoms with Crippen LogP contribution in [-0.4, -0.2) is 29.1 Å². The Morgan fingerprint density at radius 3 is 2.52 bits per heavy atom. The van der Waals surface area contributed by atoms with E-state index in [1.54, 1.807) is 6.07 Å². The summed E-state index contributed by atoms with van der Waals surface area (Å²) in [5.74, 6) is -1.83. The van der Waals surface area contributed by atoms with Crippen LogP contribution in [0.25, 0.3) is 11.1 Å². The van der Waals surface area contributed by atoms with Gasteiger partial charge in [0.15, 0.2) is 0 Å². The highest BCUT2D eigenvalue weighted by Gasteiger charge is 2.14. The van der Waals surface area contributed by atoms with Gasteiger partial charge >= 0.3 is 11.9 Å². The zero-order chi connectivity index (χ0) is 15.6. The first-order chi connectivity index (χ1) is 9.93. The van der Waals surface area contributed by atoms with Crippen molar-refractivity contribution in [1.82, 2.24) is 4.98 Å². The lowest BCUT2D eigenvalue weighted by Crippen LogP contribution is -2.05. The molecule has 0 aliphatic carbocycles. The normalized spacial score (nSPS) is 10.2. The van der Waals surface area contributed by atoms with Gasteiger partial charge in [0.05, 0.1) is 17.7 Å². The third kappa shape index (κ3) is 2.95. The summed E-state index contributed by atoms with van der Waals surface area (Å²) in [5, 5.41) is 9.29. The summed E-state index contributed by atoms with van der Waals surface area (Å²) >= 11 is 5.93. The van der Waals surface area contributed by atoms with Gasteiger partial charge in [0.25, 0.3) is 0 Å². The number of halogens is 1. The molecule has 1 heterocycles. The zero-order valence-electron chi connectivity index (χ0n) is 11.0. The maximum absolute atomic E-state index is 11.6. The van der Waals surface area contributed by atoms with E-state index >= 15 is 0 Å². The van der Waals surface area contributed by atoms with Gasteiger partial charge in [-0.25, -0.2) is 14.6 Å². The molecule has 6 nitrogen and oxygen atoms in total. The molecular weight excluding hydrogens is 296 g/mol. The van der Waals surface area contributed by atoms with Gasteiger partial charge in [-0.3, -0.25) is 0 Å². The van der Waals surface area contributed by atoms with Crippen molar-refractivity contribution < 1.29 is 19.4 Å². The van der Waals surface area contributed by atoms with Crippen molar-refractivity contribution in [3.05, 3.63) is 46.6 Å². The maximum Gasteiger partial charge on any atom is 0.339 e. The number of aromatic carboxylic acids is 1. The Balaban J connectivity index is 2.55. The summed E-state index contributed by atoms with van der Waals surface area (Å²) < 4.78 is 4.64. The number of carboxylic acid groups (broad SMARTS) is 1. The average molecular weight is 307 g/mol. The SMILES string of the molecule is COC(=O)c1cc(-c2cnc(N)c(C(=O)O)c2)ccc1Cl. The van der Waals surface area contributed by atoms with Gasteiger partial charge in [0, 0.05) is 11.8 Å². The molecule has 0 amide bonds. The number of carbonyl (C=O) groups excluding carboxylic acids is 1. The van der Waals surface area contributed by atoms with E-state index in [-0.39, 0.29) is 22.0 Å². The minimum atomic E-state index is -1.18. The maximum atomic E-state index is 11.6. The largest absolute Gasteiger partial charge is 0.478 e. The van der Waals surface area contributed by atoms with Crippen LogP contribution in [0.2, 0.25) is 5.02 Å². The van der Waals surface area contributed by atoms with Crippen LogP contribution in [0.5, 0.6) is 0 Å². The van der Waals surface area contributed by atoms with Gasteiger partial charge in [-0.15, -0.1) is 0 Å². The minimum Gasteiger partial charge on any atom is -0.478 e. The molecule has 108 valence electrons. The number of hydrogen-bond donors (Lipinski definition) is 2. The highest BCUT2D eigenvalue weighted by molar-refractivity contribution is 6.33. The molecule has 1 aromatic heterocycles. The second-order valence-electron chi connectivity index (χ2n) is 4.15. The van der Waals surface area contributed by atoms with Crippen LogP contribution in [0.1, 0.15) is 20.7 Å². The standard InChI is InChI=1S/C14H11ClN2O4/c1-21-14(20)9-4-7(2-3-11(9)15)8-5-10(13(18)19)12(16)17-6-8/h2-6H,1H3,(H2,16,17)(H,18,19). The molecular formula is C14H11ClN2O4. The highest BCUT2D eigenvalue weighted by Crippen LogP contribution is 2.27. The third-order valence-electron chi connectivity index (χ3n) is 2.85. The molecule has 0 fully saturated rings. The van der Waals surface area contributed by atoms with Crippen molar-refractivity contribution in [2.24, 2.45) is 0 Å². The number of carboxylic acids is 1. The summed E-state index contributed by atoms with van der Waals surface area (Å²) in [6.45, 7) is 0. The smallest absolute Gasteiger partial charge is 0.339 e. The van der Waals surface area contributed by atoms with Crippen molar-refractivity contribution in [3.63, 3.8) is 0 Å². The van der Waals surface area contributed by atoms with E-state index in [0.717, 1.165) is 0 Å². The van der Waals surface area contributed by atoms with Crippen LogP contribution >= 0.6 is 11.6 Å². The number of rotatable bonds is 3. The Morgan fingerprint density at radius 2 is 1.90 bits per heavy atom. The molecule has 0 spiro atoms. The number of esters is 1. The summed E-state index contributed by atoms with van der Waals surface area (Å²) in [7, 11) is 1.25. The van der Waals surface area contributed by atoms with Crippen LogP contribution in [-0.2, 0) is 4.74 Å². The topological polar surface area (TPSA) is 103 Å². The van der Waals surface area contributed by atoms with Crippen molar-refractivity contribution in [2.75, 3.05) is 12.8 Å². The number of hydrogen-bond acceptors (Lipinski definition) is 5. The molecule has 0 saturated carbocycles. The van der Waals surface area contributed by atoms with Crippen LogP contribution in [0.3, 0.4) is 0 Å². The number of anilines is 1. The number of benzene rings is 1. The molecule has 1 aromatic carbocycles. The molecule has 0 atom stereocenters. The first kappa shape index (κ1) is 14.8. The van der Waals surface area contributed by atoms with Crippen LogP contribution in [0.4, 0.5) is 5.82 Å². The van der Waals surface area contributed by atoms with Crippen LogP contribution < -0.4 is 5.73 Å². The lowest BCUT2D eigenvalue weighted by molar-refractivity contribution is 0.0600. The Hall–Kier alpha value is -2.60. The van der Waals surface area contributed by atoms with Gasteiger partial charge in [-0.1, -0.05) is 17.7 Å². The van der Waals surface area contributed by atoms with Crippen LogP contribution in [0, 0.1) is 0 Å². The van der Waals surface area contributed by atoms with Crippen molar-refractivity contribution >= 4 is 29.4 Å². The van der Waals surface area contributed by atoms with Crippen LogP contribution in [0.15, 0.2) is 30.5 Å². The zero-order valence-corrected chi connectivity index (χ0v) is 11.7. The van der Waals surface area contributed by atoms with Crippen molar-refractivity contribution in [3.8, 4) is 11.1 Å². The molecule has 21 heavy (non-hydrogen) atoms. The molecule has 7 heteroatoms. The molecule has 3 N–H and O–H groups in total. The quantitative estimate of drug-likeness (QED) is 0.844. The van der Waals surface area contributed by atoms with E-state index < -0.39 is 11.9 Å². The fourth-order valence-electron chi connectivity index (χ4n) is 1.78. The lowest BCUT2D eigenvalue weighted by atomic mass is 10.0. The number of pyridine rings is 1. The summed E-state index contributed by atoms with van der Waals surface area (Å²) in [4.78, 5) is 26.5. The predicted molar refractivity (Wildman–Crippen MR) is 77.4 cm³/mol. The molecule has 0 saturated heterocycles. The summed E-state index contributed by atoms with van der Waals surface area (Å²) in [6, 6.07) is 6.06. The van der Waals surface area contributed by atoms with Gasteiger partial charge in [-0.05, 0) is 23.8 Å². The van der Waals surface area contributed by atoms with E-state index in [2.05, 4.69) is 9.72 Å². The van der Waals surface area contributed by atoms with E-state index in [1.165, 1.54) is 31.5 Å². The second-order valence-corrected chi connectivity index (χ2v) is 4.56. The Morgan fingerprint density at radius 1 is 1.24 bits per heavy atom. The number of nitrogens with two attached hydrogens (primary N) is 1. The first-order valence-corrected chi connectivity index (χ1v) is 6.19. The van der Waals surface area contributed by atoms with E-state index in [9.17, 15) is 9.59 Å². The monoisotopic (exact) mass is 306 g/mol. The molecule has 0 unspecified atom stereocenters. The molecule has 0 aliphatic heterocycles. The third-order valence-corrected chi connectivity index (χ3v) is 3.18. The van der Waals surface area contributed by atoms with Crippen molar-refractivity contribution in [2.45, 2.75) is 0 Å². The number of nitrogen functional groups attached to an aromatic ring is 1. The number of aromatic nitrogens is 1. The second kappa shape index (κ2) is 5.80. The van der Waals surface area contributed by atoms with E-state index in [0.29, 0.717) is 11.1 Å². The fraction of sp³-hybridized carbons (Fsp3) is 0.0714. The van der Waals surface area contributed by atoms with E-state index in [1.807, 2.05) is 0 Å². The Kier molecular flexibility index (Phi) is 4.09. The molecule has 2 aromatic rings. The van der Waals surface area contributed by atoms with Gasteiger partial charge in [0.2, 0.25) is 0 Å². The van der Waals surface area contributed by atoms with Gasteiger partial charge in [0.1, 0.15) is 11.4 Å². The molecule has 0 radical (unpaired) electrons.